The predicted molar refractivity (Wildman–Crippen MR) is 50.8 cm³/mol. The number of halogens is 3. The molecule has 0 N–H and O–H groups in total. The van der Waals surface area contributed by atoms with Crippen molar-refractivity contribution in [1.82, 2.24) is 0 Å². The molecule has 0 aliphatic rings. The van der Waals surface area contributed by atoms with Crippen molar-refractivity contribution in [3.05, 3.63) is 35.4 Å². The van der Waals surface area contributed by atoms with E-state index in [1.807, 2.05) is 0 Å². The number of alkyl halides is 3. The van der Waals surface area contributed by atoms with Gasteiger partial charge in [-0.3, -0.25) is 4.79 Å². The van der Waals surface area contributed by atoms with Crippen LogP contribution < -0.4 is 0 Å². The molecule has 0 spiro atoms. The Bertz CT molecular complexity index is 350. The van der Waals surface area contributed by atoms with Crippen molar-refractivity contribution in [3.63, 3.8) is 0 Å². The smallest absolute Gasteiger partial charge is 0.291 e. The second-order valence-corrected chi connectivity index (χ2v) is 3.21. The molecule has 0 aromatic heterocycles. The van der Waals surface area contributed by atoms with E-state index in [1.54, 1.807) is 6.07 Å². The molecule has 0 bridgehead atoms. The van der Waals surface area contributed by atoms with Gasteiger partial charge >= 0.3 is 5.92 Å². The van der Waals surface area contributed by atoms with Gasteiger partial charge in [0, 0.05) is 5.56 Å². The molecule has 0 aliphatic carbocycles. The molecule has 0 fully saturated rings. The summed E-state index contributed by atoms with van der Waals surface area (Å²) in [5.74, 6) is -5.43. The molecule has 1 nitrogen and oxygen atoms in total. The monoisotopic (exact) mass is 218 g/mol. The average Bonchev–Trinajstić information content (AvgIpc) is 2.17. The van der Waals surface area contributed by atoms with Crippen LogP contribution in [0.3, 0.4) is 0 Å². The van der Waals surface area contributed by atoms with E-state index in [4.69, 9.17) is 11.6 Å². The minimum atomic E-state index is -3.48. The van der Waals surface area contributed by atoms with Crippen LogP contribution in [0.15, 0.2) is 24.3 Å². The molecule has 0 unspecified atom stereocenters. The van der Waals surface area contributed by atoms with Crippen molar-refractivity contribution in [2.75, 3.05) is 5.88 Å². The molecule has 1 aromatic rings. The Kier molecular flexibility index (Phi) is 3.21. The zero-order valence-electron chi connectivity index (χ0n) is 7.56. The molecule has 76 valence electrons. The van der Waals surface area contributed by atoms with Crippen molar-refractivity contribution < 1.29 is 13.6 Å². The Hall–Kier alpha value is -0.960. The van der Waals surface area contributed by atoms with E-state index in [1.165, 1.54) is 25.1 Å². The largest absolute Gasteiger partial charge is 0.331 e. The number of Topliss-reactive ketones (excluding diaryl/α,β-unsaturated/α-hetero) is 1. The molecule has 1 aromatic carbocycles. The number of hydrogen-bond donors (Lipinski definition) is 0. The number of rotatable bonds is 3. The summed E-state index contributed by atoms with van der Waals surface area (Å²) in [4.78, 5) is 10.9. The first-order chi connectivity index (χ1) is 6.50. The van der Waals surface area contributed by atoms with Crippen molar-refractivity contribution >= 4 is 17.4 Å². The lowest BCUT2D eigenvalue weighted by Crippen LogP contribution is -2.27. The van der Waals surface area contributed by atoms with Crippen LogP contribution in [0.1, 0.15) is 11.1 Å². The van der Waals surface area contributed by atoms with E-state index in [9.17, 15) is 13.6 Å². The van der Waals surface area contributed by atoms with Crippen molar-refractivity contribution in [3.8, 4) is 0 Å². The fraction of sp³-hybridized carbons (Fsp3) is 0.300. The molecule has 0 saturated heterocycles. The van der Waals surface area contributed by atoms with Gasteiger partial charge in [-0.2, -0.15) is 8.78 Å². The summed E-state index contributed by atoms with van der Waals surface area (Å²) in [6.45, 7) is 1.53. The Morgan fingerprint density at radius 2 is 2.00 bits per heavy atom. The van der Waals surface area contributed by atoms with E-state index < -0.39 is 17.6 Å². The summed E-state index contributed by atoms with van der Waals surface area (Å²) in [5, 5.41) is 0. The van der Waals surface area contributed by atoms with Crippen LogP contribution in [0.2, 0.25) is 0 Å². The van der Waals surface area contributed by atoms with Gasteiger partial charge in [-0.05, 0) is 12.5 Å². The van der Waals surface area contributed by atoms with Gasteiger partial charge < -0.3 is 0 Å². The molecule has 14 heavy (non-hydrogen) atoms. The summed E-state index contributed by atoms with van der Waals surface area (Å²) in [6.07, 6.45) is 0. The Balaban J connectivity index is 3.16. The highest BCUT2D eigenvalue weighted by Crippen LogP contribution is 2.31. The van der Waals surface area contributed by atoms with Crippen LogP contribution in [0.25, 0.3) is 0 Å². The highest BCUT2D eigenvalue weighted by Gasteiger charge is 2.40. The van der Waals surface area contributed by atoms with Gasteiger partial charge in [0.05, 0.1) is 5.88 Å². The standard InChI is InChI=1S/C10H9ClF2O/c1-7-4-2-3-5-8(7)10(12,13)9(14)6-11/h2-5H,6H2,1H3. The predicted octanol–water partition coefficient (Wildman–Crippen LogP) is 2.89. The van der Waals surface area contributed by atoms with Crippen LogP contribution in [0.5, 0.6) is 0 Å². The van der Waals surface area contributed by atoms with Gasteiger partial charge in [-0.1, -0.05) is 24.3 Å². The molecule has 1 rings (SSSR count). The second kappa shape index (κ2) is 4.05. The van der Waals surface area contributed by atoms with E-state index in [-0.39, 0.29) is 5.56 Å². The lowest BCUT2D eigenvalue weighted by molar-refractivity contribution is -0.141. The van der Waals surface area contributed by atoms with Crippen LogP contribution >= 0.6 is 11.6 Å². The maximum absolute atomic E-state index is 13.4. The molecule has 0 heterocycles. The van der Waals surface area contributed by atoms with E-state index in [2.05, 4.69) is 0 Å². The van der Waals surface area contributed by atoms with Gasteiger partial charge in [-0.25, -0.2) is 0 Å². The van der Waals surface area contributed by atoms with Crippen LogP contribution in [0.4, 0.5) is 8.78 Å². The molecule has 0 radical (unpaired) electrons. The minimum Gasteiger partial charge on any atom is -0.291 e. The topological polar surface area (TPSA) is 17.1 Å². The SMILES string of the molecule is Cc1ccccc1C(F)(F)C(=O)CCl. The van der Waals surface area contributed by atoms with E-state index in [0.717, 1.165) is 0 Å². The quantitative estimate of drug-likeness (QED) is 0.713. The highest BCUT2D eigenvalue weighted by molar-refractivity contribution is 6.28. The lowest BCUT2D eigenvalue weighted by atomic mass is 10.0. The minimum absolute atomic E-state index is 0.273. The second-order valence-electron chi connectivity index (χ2n) is 2.95. The fourth-order valence-electron chi connectivity index (χ4n) is 1.16. The third-order valence-electron chi connectivity index (χ3n) is 1.95. The fourth-order valence-corrected chi connectivity index (χ4v) is 1.33. The molecule has 4 heteroatoms. The van der Waals surface area contributed by atoms with Crippen LogP contribution in [0, 0.1) is 6.92 Å². The van der Waals surface area contributed by atoms with E-state index in [0.29, 0.717) is 5.56 Å². The number of aryl methyl sites for hydroxylation is 1. The van der Waals surface area contributed by atoms with Crippen molar-refractivity contribution in [1.29, 1.82) is 0 Å². The summed E-state index contributed by atoms with van der Waals surface area (Å²) in [6, 6.07) is 5.88. The van der Waals surface area contributed by atoms with Gasteiger partial charge in [0.25, 0.3) is 0 Å². The zero-order chi connectivity index (χ0) is 10.8. The van der Waals surface area contributed by atoms with Gasteiger partial charge in [-0.15, -0.1) is 11.6 Å². The Morgan fingerprint density at radius 3 is 2.50 bits per heavy atom. The molecule has 0 atom stereocenters. The number of hydrogen-bond acceptors (Lipinski definition) is 1. The highest BCUT2D eigenvalue weighted by atomic mass is 35.5. The molecular weight excluding hydrogens is 210 g/mol. The number of benzene rings is 1. The summed E-state index contributed by atoms with van der Waals surface area (Å²) >= 11 is 5.11. The van der Waals surface area contributed by atoms with Crippen molar-refractivity contribution in [2.45, 2.75) is 12.8 Å². The number of ketones is 1. The summed E-state index contributed by atoms with van der Waals surface area (Å²) in [5.41, 5.74) is 0.113. The first-order valence-electron chi connectivity index (χ1n) is 4.03. The van der Waals surface area contributed by atoms with Crippen LogP contribution in [-0.4, -0.2) is 11.7 Å². The van der Waals surface area contributed by atoms with Gasteiger partial charge in [0.2, 0.25) is 5.78 Å². The normalized spacial score (nSPS) is 11.4. The first-order valence-corrected chi connectivity index (χ1v) is 4.56. The Morgan fingerprint density at radius 1 is 1.43 bits per heavy atom. The zero-order valence-corrected chi connectivity index (χ0v) is 8.31. The average molecular weight is 219 g/mol. The maximum Gasteiger partial charge on any atom is 0.331 e. The van der Waals surface area contributed by atoms with Crippen molar-refractivity contribution in [2.24, 2.45) is 0 Å². The van der Waals surface area contributed by atoms with Gasteiger partial charge in [0.15, 0.2) is 0 Å². The maximum atomic E-state index is 13.4. The molecule has 0 amide bonds. The van der Waals surface area contributed by atoms with Crippen LogP contribution in [-0.2, 0) is 10.7 Å². The molecule has 0 saturated carbocycles. The first kappa shape index (κ1) is 11.1. The van der Waals surface area contributed by atoms with E-state index >= 15 is 0 Å². The Labute approximate surface area is 85.7 Å². The molecule has 0 aliphatic heterocycles. The molecular formula is C10H9ClF2O. The number of carbonyl (C=O) groups is 1. The third-order valence-corrected chi connectivity index (χ3v) is 2.20. The number of carbonyl (C=O) groups excluding carboxylic acids is 1. The lowest BCUT2D eigenvalue weighted by Gasteiger charge is -2.15. The van der Waals surface area contributed by atoms with Gasteiger partial charge in [0.1, 0.15) is 0 Å². The summed E-state index contributed by atoms with van der Waals surface area (Å²) in [7, 11) is 0. The summed E-state index contributed by atoms with van der Waals surface area (Å²) < 4.78 is 26.8. The third kappa shape index (κ3) is 1.93.